The summed E-state index contributed by atoms with van der Waals surface area (Å²) in [5.41, 5.74) is 6.22. The lowest BCUT2D eigenvalue weighted by Gasteiger charge is -1.98. The first-order chi connectivity index (χ1) is 5.24. The van der Waals surface area contributed by atoms with Crippen molar-refractivity contribution in [3.05, 3.63) is 35.6 Å². The Morgan fingerprint density at radius 2 is 1.91 bits per heavy atom. The largest absolute Gasteiger partial charge is 0.325 e. The van der Waals surface area contributed by atoms with Gasteiger partial charge in [0, 0.05) is 6.54 Å². The predicted molar refractivity (Wildman–Crippen MR) is 42.3 cm³/mol. The zero-order valence-corrected chi connectivity index (χ0v) is 5.97. The van der Waals surface area contributed by atoms with Crippen LogP contribution in [0.1, 0.15) is 5.56 Å². The first-order valence-electron chi connectivity index (χ1n) is 3.27. The van der Waals surface area contributed by atoms with Crippen LogP contribution in [0.5, 0.6) is 0 Å². The topological polar surface area (TPSA) is 49.9 Å². The SMILES string of the molecule is N=C(CN)c1ccc(F)cc1. The predicted octanol–water partition coefficient (Wildman–Crippen LogP) is 1.15. The Bertz CT molecular complexity index is 253. The number of hydrogen-bond donors (Lipinski definition) is 2. The minimum Gasteiger partial charge on any atom is -0.325 e. The second-order valence-electron chi connectivity index (χ2n) is 2.19. The summed E-state index contributed by atoms with van der Waals surface area (Å²) in [7, 11) is 0. The van der Waals surface area contributed by atoms with Gasteiger partial charge in [-0.05, 0) is 17.7 Å². The Morgan fingerprint density at radius 1 is 1.36 bits per heavy atom. The molecule has 0 saturated heterocycles. The third kappa shape index (κ3) is 1.85. The fourth-order valence-corrected chi connectivity index (χ4v) is 0.769. The first-order valence-corrected chi connectivity index (χ1v) is 3.27. The highest BCUT2D eigenvalue weighted by molar-refractivity contribution is 5.99. The average molecular weight is 152 g/mol. The van der Waals surface area contributed by atoms with Crippen molar-refractivity contribution in [3.8, 4) is 0 Å². The zero-order chi connectivity index (χ0) is 8.27. The Morgan fingerprint density at radius 3 is 2.36 bits per heavy atom. The maximum Gasteiger partial charge on any atom is 0.123 e. The van der Waals surface area contributed by atoms with E-state index in [0.717, 1.165) is 0 Å². The monoisotopic (exact) mass is 152 g/mol. The summed E-state index contributed by atoms with van der Waals surface area (Å²) in [5.74, 6) is -0.293. The summed E-state index contributed by atoms with van der Waals surface area (Å²) >= 11 is 0. The lowest BCUT2D eigenvalue weighted by molar-refractivity contribution is 0.628. The van der Waals surface area contributed by atoms with E-state index in [9.17, 15) is 4.39 Å². The molecule has 0 amide bonds. The van der Waals surface area contributed by atoms with E-state index in [1.807, 2.05) is 0 Å². The number of nitrogens with one attached hydrogen (secondary N) is 1. The van der Waals surface area contributed by atoms with Crippen LogP contribution in [0.15, 0.2) is 24.3 Å². The van der Waals surface area contributed by atoms with E-state index in [1.54, 1.807) is 12.1 Å². The van der Waals surface area contributed by atoms with E-state index in [2.05, 4.69) is 0 Å². The van der Waals surface area contributed by atoms with Gasteiger partial charge in [0.1, 0.15) is 5.82 Å². The van der Waals surface area contributed by atoms with Gasteiger partial charge < -0.3 is 11.1 Å². The van der Waals surface area contributed by atoms with Crippen LogP contribution in [0.4, 0.5) is 4.39 Å². The first kappa shape index (κ1) is 7.88. The standard InChI is InChI=1S/C8H9FN2/c9-7-3-1-6(2-4-7)8(11)5-10/h1-4,11H,5,10H2. The van der Waals surface area contributed by atoms with Gasteiger partial charge in [-0.15, -0.1) is 0 Å². The molecular weight excluding hydrogens is 143 g/mol. The van der Waals surface area contributed by atoms with Crippen LogP contribution in [0.25, 0.3) is 0 Å². The number of benzene rings is 1. The van der Waals surface area contributed by atoms with Gasteiger partial charge in [0.05, 0.1) is 5.71 Å². The molecule has 0 aromatic heterocycles. The minimum absolute atomic E-state index is 0.186. The number of rotatable bonds is 2. The van der Waals surface area contributed by atoms with Crippen molar-refractivity contribution in [2.45, 2.75) is 0 Å². The second kappa shape index (κ2) is 3.25. The molecule has 0 saturated carbocycles. The number of nitrogens with two attached hydrogens (primary N) is 1. The van der Waals surface area contributed by atoms with Gasteiger partial charge in [-0.2, -0.15) is 0 Å². The highest BCUT2D eigenvalue weighted by atomic mass is 19.1. The average Bonchev–Trinajstić information content (AvgIpc) is 2.05. The summed E-state index contributed by atoms with van der Waals surface area (Å²) in [6, 6.07) is 5.73. The lowest BCUT2D eigenvalue weighted by Crippen LogP contribution is -2.13. The van der Waals surface area contributed by atoms with Crippen LogP contribution in [0, 0.1) is 11.2 Å². The molecule has 11 heavy (non-hydrogen) atoms. The van der Waals surface area contributed by atoms with Gasteiger partial charge in [0.15, 0.2) is 0 Å². The summed E-state index contributed by atoms with van der Waals surface area (Å²) in [4.78, 5) is 0. The van der Waals surface area contributed by atoms with Crippen molar-refractivity contribution in [1.82, 2.24) is 0 Å². The molecule has 0 aliphatic rings. The third-order valence-corrected chi connectivity index (χ3v) is 1.40. The van der Waals surface area contributed by atoms with Gasteiger partial charge in [-0.3, -0.25) is 0 Å². The molecule has 1 rings (SSSR count). The highest BCUT2D eigenvalue weighted by Gasteiger charge is 1.97. The van der Waals surface area contributed by atoms with E-state index in [1.165, 1.54) is 12.1 Å². The van der Waals surface area contributed by atoms with Gasteiger partial charge in [0.2, 0.25) is 0 Å². The van der Waals surface area contributed by atoms with Crippen molar-refractivity contribution in [1.29, 1.82) is 5.41 Å². The van der Waals surface area contributed by atoms with E-state index in [-0.39, 0.29) is 12.4 Å². The molecule has 0 heterocycles. The molecule has 0 bridgehead atoms. The maximum atomic E-state index is 12.4. The van der Waals surface area contributed by atoms with E-state index >= 15 is 0 Å². The van der Waals surface area contributed by atoms with Gasteiger partial charge in [-0.25, -0.2) is 4.39 Å². The minimum atomic E-state index is -0.293. The van der Waals surface area contributed by atoms with Gasteiger partial charge in [0.25, 0.3) is 0 Å². The summed E-state index contributed by atoms with van der Waals surface area (Å²) in [5, 5.41) is 7.30. The number of hydrogen-bond acceptors (Lipinski definition) is 2. The molecule has 3 heteroatoms. The van der Waals surface area contributed by atoms with Gasteiger partial charge >= 0.3 is 0 Å². The molecule has 0 atom stereocenters. The second-order valence-corrected chi connectivity index (χ2v) is 2.19. The highest BCUT2D eigenvalue weighted by Crippen LogP contribution is 2.02. The van der Waals surface area contributed by atoms with Crippen molar-refractivity contribution in [2.24, 2.45) is 5.73 Å². The Labute approximate surface area is 64.4 Å². The molecule has 0 fully saturated rings. The molecule has 0 radical (unpaired) electrons. The molecule has 2 nitrogen and oxygen atoms in total. The Hall–Kier alpha value is -1.22. The molecule has 0 spiro atoms. The summed E-state index contributed by atoms with van der Waals surface area (Å²) in [6.45, 7) is 0.186. The molecule has 1 aromatic carbocycles. The van der Waals surface area contributed by atoms with Crippen molar-refractivity contribution < 1.29 is 4.39 Å². The molecule has 58 valence electrons. The van der Waals surface area contributed by atoms with Crippen LogP contribution in [-0.4, -0.2) is 12.3 Å². The van der Waals surface area contributed by atoms with Gasteiger partial charge in [-0.1, -0.05) is 12.1 Å². The quantitative estimate of drug-likeness (QED) is 0.613. The molecule has 1 aromatic rings. The fourth-order valence-electron chi connectivity index (χ4n) is 0.769. The molecular formula is C8H9FN2. The van der Waals surface area contributed by atoms with Crippen molar-refractivity contribution in [2.75, 3.05) is 6.54 Å². The smallest absolute Gasteiger partial charge is 0.123 e. The van der Waals surface area contributed by atoms with Crippen LogP contribution >= 0.6 is 0 Å². The van der Waals surface area contributed by atoms with Crippen molar-refractivity contribution in [3.63, 3.8) is 0 Å². The fraction of sp³-hybridized carbons (Fsp3) is 0.125. The molecule has 0 aliphatic heterocycles. The molecule has 0 unspecified atom stereocenters. The van der Waals surface area contributed by atoms with Crippen LogP contribution < -0.4 is 5.73 Å². The summed E-state index contributed by atoms with van der Waals surface area (Å²) < 4.78 is 12.4. The molecule has 3 N–H and O–H groups in total. The maximum absolute atomic E-state index is 12.4. The summed E-state index contributed by atoms with van der Waals surface area (Å²) in [6.07, 6.45) is 0. The van der Waals surface area contributed by atoms with Crippen LogP contribution in [0.3, 0.4) is 0 Å². The van der Waals surface area contributed by atoms with Crippen LogP contribution in [-0.2, 0) is 0 Å². The molecule has 0 aliphatic carbocycles. The third-order valence-electron chi connectivity index (χ3n) is 1.40. The normalized spacial score (nSPS) is 9.64. The van der Waals surface area contributed by atoms with Crippen LogP contribution in [0.2, 0.25) is 0 Å². The van der Waals surface area contributed by atoms with E-state index < -0.39 is 0 Å². The van der Waals surface area contributed by atoms with Crippen molar-refractivity contribution >= 4 is 5.71 Å². The lowest BCUT2D eigenvalue weighted by atomic mass is 10.1. The van der Waals surface area contributed by atoms with E-state index in [4.69, 9.17) is 11.1 Å². The number of halogens is 1. The Balaban J connectivity index is 2.90. The van der Waals surface area contributed by atoms with E-state index in [0.29, 0.717) is 11.3 Å². The Kier molecular flexibility index (Phi) is 2.33. The zero-order valence-electron chi connectivity index (χ0n) is 5.97.